The zero-order valence-electron chi connectivity index (χ0n) is 15.2. The molecule has 1 aromatic carbocycles. The Balaban J connectivity index is 2.01. The highest BCUT2D eigenvalue weighted by molar-refractivity contribution is 5.94. The van der Waals surface area contributed by atoms with Gasteiger partial charge in [0.25, 0.3) is 5.91 Å². The van der Waals surface area contributed by atoms with Crippen LogP contribution < -0.4 is 4.74 Å². The van der Waals surface area contributed by atoms with Crippen LogP contribution in [0.3, 0.4) is 0 Å². The van der Waals surface area contributed by atoms with Gasteiger partial charge in [-0.15, -0.1) is 0 Å². The van der Waals surface area contributed by atoms with E-state index >= 15 is 0 Å². The molecule has 1 saturated heterocycles. The Hall–Kier alpha value is -2.37. The van der Waals surface area contributed by atoms with Gasteiger partial charge in [0.1, 0.15) is 5.75 Å². The van der Waals surface area contributed by atoms with Crippen LogP contribution in [0.5, 0.6) is 5.75 Å². The van der Waals surface area contributed by atoms with Crippen LogP contribution in [0.4, 0.5) is 0 Å². The van der Waals surface area contributed by atoms with Gasteiger partial charge in [-0.3, -0.25) is 14.4 Å². The minimum Gasteiger partial charge on any atom is -0.427 e. The highest BCUT2D eigenvalue weighted by Crippen LogP contribution is 2.17. The Morgan fingerprint density at radius 3 is 2.44 bits per heavy atom. The number of nitrogens with zero attached hydrogens (tertiary/aromatic N) is 2. The van der Waals surface area contributed by atoms with Crippen molar-refractivity contribution in [3.8, 4) is 5.75 Å². The lowest BCUT2D eigenvalue weighted by Gasteiger charge is -2.23. The molecule has 1 aliphatic heterocycles. The average Bonchev–Trinajstić information content (AvgIpc) is 2.79. The molecule has 0 atom stereocenters. The Morgan fingerprint density at radius 1 is 1.08 bits per heavy atom. The largest absolute Gasteiger partial charge is 0.427 e. The van der Waals surface area contributed by atoms with Gasteiger partial charge in [-0.25, -0.2) is 0 Å². The first-order valence-corrected chi connectivity index (χ1v) is 8.72. The molecule has 25 heavy (non-hydrogen) atoms. The molecule has 1 aliphatic rings. The Morgan fingerprint density at radius 2 is 1.76 bits per heavy atom. The minimum absolute atomic E-state index is 0.104. The molecule has 0 radical (unpaired) electrons. The van der Waals surface area contributed by atoms with Crippen LogP contribution in [0.15, 0.2) is 24.3 Å². The number of carbonyl (C=O) groups is 3. The number of ether oxygens (including phenoxy) is 1. The molecule has 0 spiro atoms. The first-order valence-electron chi connectivity index (χ1n) is 8.72. The normalized spacial score (nSPS) is 15.0. The molecule has 1 aromatic rings. The number of esters is 1. The fourth-order valence-corrected chi connectivity index (χ4v) is 2.89. The summed E-state index contributed by atoms with van der Waals surface area (Å²) in [5.41, 5.74) is 0.487. The van der Waals surface area contributed by atoms with Crippen LogP contribution in [0.1, 0.15) is 44.0 Å². The van der Waals surface area contributed by atoms with Crippen LogP contribution in [0.25, 0.3) is 0 Å². The van der Waals surface area contributed by atoms with Gasteiger partial charge in [0.05, 0.1) is 0 Å². The minimum atomic E-state index is -0.418. The van der Waals surface area contributed by atoms with Crippen LogP contribution >= 0.6 is 0 Å². The zero-order valence-corrected chi connectivity index (χ0v) is 15.2. The lowest BCUT2D eigenvalue weighted by atomic mass is 10.1. The van der Waals surface area contributed by atoms with Crippen molar-refractivity contribution in [2.24, 2.45) is 5.92 Å². The standard InChI is InChI=1S/C19H26N2O4/c1-14(2)12-18(23)20-8-5-9-21(11-10-20)19(24)16-6-4-7-17(13-16)25-15(3)22/h4,6-7,13-14H,5,8-12H2,1-3H3. The molecule has 6 heteroatoms. The van der Waals surface area contributed by atoms with Gasteiger partial charge >= 0.3 is 5.97 Å². The highest BCUT2D eigenvalue weighted by atomic mass is 16.5. The van der Waals surface area contributed by atoms with E-state index in [4.69, 9.17) is 4.74 Å². The summed E-state index contributed by atoms with van der Waals surface area (Å²) in [7, 11) is 0. The van der Waals surface area contributed by atoms with Gasteiger partial charge in [-0.1, -0.05) is 19.9 Å². The van der Waals surface area contributed by atoms with E-state index in [9.17, 15) is 14.4 Å². The summed E-state index contributed by atoms with van der Waals surface area (Å²) in [6, 6.07) is 6.63. The summed E-state index contributed by atoms with van der Waals surface area (Å²) < 4.78 is 5.04. The summed E-state index contributed by atoms with van der Waals surface area (Å²) in [4.78, 5) is 39.6. The van der Waals surface area contributed by atoms with Crippen molar-refractivity contribution in [2.75, 3.05) is 26.2 Å². The van der Waals surface area contributed by atoms with Crippen molar-refractivity contribution in [1.29, 1.82) is 0 Å². The second-order valence-corrected chi connectivity index (χ2v) is 6.75. The van der Waals surface area contributed by atoms with Crippen LogP contribution in [0, 0.1) is 5.92 Å². The smallest absolute Gasteiger partial charge is 0.308 e. The molecule has 0 aliphatic carbocycles. The van der Waals surface area contributed by atoms with Crippen molar-refractivity contribution in [3.63, 3.8) is 0 Å². The van der Waals surface area contributed by atoms with E-state index in [1.54, 1.807) is 29.2 Å². The molecule has 0 aromatic heterocycles. The quantitative estimate of drug-likeness (QED) is 0.620. The Labute approximate surface area is 148 Å². The van der Waals surface area contributed by atoms with Gasteiger partial charge < -0.3 is 14.5 Å². The van der Waals surface area contributed by atoms with Crippen molar-refractivity contribution in [1.82, 2.24) is 9.80 Å². The van der Waals surface area contributed by atoms with Gasteiger partial charge in [0.2, 0.25) is 5.91 Å². The molecule has 0 unspecified atom stereocenters. The molecule has 0 N–H and O–H groups in total. The third kappa shape index (κ3) is 5.59. The van der Waals surface area contributed by atoms with E-state index in [1.807, 2.05) is 18.7 Å². The van der Waals surface area contributed by atoms with Gasteiger partial charge in [0.15, 0.2) is 0 Å². The van der Waals surface area contributed by atoms with Crippen molar-refractivity contribution in [3.05, 3.63) is 29.8 Å². The van der Waals surface area contributed by atoms with Crippen LogP contribution in [-0.4, -0.2) is 53.8 Å². The summed E-state index contributed by atoms with van der Waals surface area (Å²) in [6.45, 7) is 7.75. The maximum Gasteiger partial charge on any atom is 0.308 e. The van der Waals surface area contributed by atoms with Gasteiger partial charge in [-0.05, 0) is 30.5 Å². The fraction of sp³-hybridized carbons (Fsp3) is 0.526. The average molecular weight is 346 g/mol. The SMILES string of the molecule is CC(=O)Oc1cccc(C(=O)N2CCCN(C(=O)CC(C)C)CC2)c1. The van der Waals surface area contributed by atoms with Crippen molar-refractivity contribution >= 4 is 17.8 Å². The van der Waals surface area contributed by atoms with E-state index in [2.05, 4.69) is 0 Å². The molecule has 2 amide bonds. The summed E-state index contributed by atoms with van der Waals surface area (Å²) >= 11 is 0. The molecule has 2 rings (SSSR count). The summed E-state index contributed by atoms with van der Waals surface area (Å²) in [5.74, 6) is 0.325. The number of hydrogen-bond acceptors (Lipinski definition) is 4. The first kappa shape index (κ1) is 19.0. The van der Waals surface area contributed by atoms with E-state index in [-0.39, 0.29) is 11.8 Å². The first-order chi connectivity index (χ1) is 11.9. The molecular weight excluding hydrogens is 320 g/mol. The monoisotopic (exact) mass is 346 g/mol. The lowest BCUT2D eigenvalue weighted by Crippen LogP contribution is -2.37. The molecule has 0 saturated carbocycles. The van der Waals surface area contributed by atoms with Crippen LogP contribution in [0.2, 0.25) is 0 Å². The predicted molar refractivity (Wildman–Crippen MR) is 94.3 cm³/mol. The molecule has 136 valence electrons. The van der Waals surface area contributed by atoms with Gasteiger partial charge in [0, 0.05) is 45.1 Å². The Kier molecular flexibility index (Phi) is 6.56. The maximum absolute atomic E-state index is 12.7. The van der Waals surface area contributed by atoms with E-state index in [0.29, 0.717) is 49.8 Å². The maximum atomic E-state index is 12.7. The third-order valence-corrected chi connectivity index (χ3v) is 4.06. The number of carbonyl (C=O) groups excluding carboxylic acids is 3. The number of benzene rings is 1. The van der Waals surface area contributed by atoms with E-state index in [0.717, 1.165) is 6.42 Å². The van der Waals surface area contributed by atoms with Gasteiger partial charge in [-0.2, -0.15) is 0 Å². The number of amides is 2. The Bertz CT molecular complexity index is 642. The zero-order chi connectivity index (χ0) is 18.4. The topological polar surface area (TPSA) is 66.9 Å². The molecule has 1 fully saturated rings. The second-order valence-electron chi connectivity index (χ2n) is 6.75. The molecule has 6 nitrogen and oxygen atoms in total. The number of rotatable bonds is 4. The molecule has 0 bridgehead atoms. The highest BCUT2D eigenvalue weighted by Gasteiger charge is 2.23. The van der Waals surface area contributed by atoms with Crippen molar-refractivity contribution < 1.29 is 19.1 Å². The lowest BCUT2D eigenvalue weighted by molar-refractivity contribution is -0.132. The molecular formula is C19H26N2O4. The fourth-order valence-electron chi connectivity index (χ4n) is 2.89. The summed E-state index contributed by atoms with van der Waals surface area (Å²) in [5, 5.41) is 0. The predicted octanol–water partition coefficient (Wildman–Crippen LogP) is 2.33. The second kappa shape index (κ2) is 8.65. The number of hydrogen-bond donors (Lipinski definition) is 0. The van der Waals surface area contributed by atoms with Crippen molar-refractivity contribution in [2.45, 2.75) is 33.6 Å². The van der Waals surface area contributed by atoms with E-state index in [1.165, 1.54) is 6.92 Å². The summed E-state index contributed by atoms with van der Waals surface area (Å²) in [6.07, 6.45) is 1.30. The molecule has 1 heterocycles. The third-order valence-electron chi connectivity index (χ3n) is 4.06. The van der Waals surface area contributed by atoms with Crippen LogP contribution in [-0.2, 0) is 9.59 Å². The van der Waals surface area contributed by atoms with E-state index < -0.39 is 5.97 Å².